The van der Waals surface area contributed by atoms with Gasteiger partial charge in [0.15, 0.2) is 5.82 Å². The first-order valence-corrected chi connectivity index (χ1v) is 5.24. The minimum Gasteiger partial charge on any atom is -0.393 e. The number of rotatable bonds is 4. The van der Waals surface area contributed by atoms with E-state index in [4.69, 9.17) is 4.52 Å². The van der Waals surface area contributed by atoms with Crippen LogP contribution >= 0.6 is 0 Å². The summed E-state index contributed by atoms with van der Waals surface area (Å²) in [5.41, 5.74) is 0. The molecule has 2 unspecified atom stereocenters. The van der Waals surface area contributed by atoms with E-state index >= 15 is 0 Å². The topological polar surface area (TPSA) is 59.2 Å². The molecule has 0 spiro atoms. The second-order valence-electron chi connectivity index (χ2n) is 4.02. The van der Waals surface area contributed by atoms with Gasteiger partial charge in [-0.25, -0.2) is 0 Å². The molecule has 2 rings (SSSR count). The van der Waals surface area contributed by atoms with Gasteiger partial charge in [-0.1, -0.05) is 12.1 Å². The van der Waals surface area contributed by atoms with Crippen LogP contribution in [-0.2, 0) is 0 Å². The standard InChI is InChI=1S/C10H16N2O2/c1-3-8(6(2)13)10-11-9(12-14-10)7-4-5-7/h6-8,13H,3-5H2,1-2H3. The van der Waals surface area contributed by atoms with Crippen LogP contribution in [0.25, 0.3) is 0 Å². The van der Waals surface area contributed by atoms with Crippen molar-refractivity contribution in [1.82, 2.24) is 10.1 Å². The zero-order valence-electron chi connectivity index (χ0n) is 8.60. The van der Waals surface area contributed by atoms with Crippen LogP contribution in [-0.4, -0.2) is 21.4 Å². The molecule has 0 aromatic carbocycles. The van der Waals surface area contributed by atoms with Crippen molar-refractivity contribution in [2.45, 2.75) is 51.0 Å². The molecule has 0 aliphatic heterocycles. The smallest absolute Gasteiger partial charge is 0.232 e. The van der Waals surface area contributed by atoms with Gasteiger partial charge in [0.05, 0.1) is 12.0 Å². The molecule has 14 heavy (non-hydrogen) atoms. The summed E-state index contributed by atoms with van der Waals surface area (Å²) in [6.45, 7) is 3.77. The van der Waals surface area contributed by atoms with E-state index in [9.17, 15) is 5.11 Å². The highest BCUT2D eigenvalue weighted by Gasteiger charge is 2.30. The first kappa shape index (κ1) is 9.65. The SMILES string of the molecule is CCC(c1nc(C2CC2)no1)C(C)O. The Balaban J connectivity index is 2.13. The first-order valence-electron chi connectivity index (χ1n) is 5.24. The van der Waals surface area contributed by atoms with Crippen molar-refractivity contribution in [2.75, 3.05) is 0 Å². The summed E-state index contributed by atoms with van der Waals surface area (Å²) in [6, 6.07) is 0. The van der Waals surface area contributed by atoms with Crippen LogP contribution in [0.5, 0.6) is 0 Å². The molecular formula is C10H16N2O2. The van der Waals surface area contributed by atoms with Gasteiger partial charge in [0.1, 0.15) is 0 Å². The summed E-state index contributed by atoms with van der Waals surface area (Å²) in [5, 5.41) is 13.4. The Labute approximate surface area is 83.3 Å². The van der Waals surface area contributed by atoms with E-state index in [1.54, 1.807) is 6.92 Å². The molecule has 1 heterocycles. The highest BCUT2D eigenvalue weighted by Crippen LogP contribution is 2.38. The third-order valence-electron chi connectivity index (χ3n) is 2.74. The van der Waals surface area contributed by atoms with Gasteiger partial charge in [-0.3, -0.25) is 0 Å². The van der Waals surface area contributed by atoms with Crippen molar-refractivity contribution < 1.29 is 9.63 Å². The van der Waals surface area contributed by atoms with Crippen molar-refractivity contribution in [2.24, 2.45) is 0 Å². The lowest BCUT2D eigenvalue weighted by Crippen LogP contribution is -2.14. The van der Waals surface area contributed by atoms with Crippen LogP contribution in [0.4, 0.5) is 0 Å². The van der Waals surface area contributed by atoms with E-state index in [2.05, 4.69) is 10.1 Å². The van der Waals surface area contributed by atoms with E-state index in [-0.39, 0.29) is 5.92 Å². The van der Waals surface area contributed by atoms with E-state index in [1.807, 2.05) is 6.92 Å². The van der Waals surface area contributed by atoms with Crippen LogP contribution in [0.1, 0.15) is 56.7 Å². The maximum absolute atomic E-state index is 9.50. The van der Waals surface area contributed by atoms with Crippen molar-refractivity contribution in [1.29, 1.82) is 0 Å². The van der Waals surface area contributed by atoms with Crippen molar-refractivity contribution >= 4 is 0 Å². The quantitative estimate of drug-likeness (QED) is 0.798. The highest BCUT2D eigenvalue weighted by atomic mass is 16.5. The number of aliphatic hydroxyl groups excluding tert-OH is 1. The molecular weight excluding hydrogens is 180 g/mol. The molecule has 1 saturated carbocycles. The Kier molecular flexibility index (Phi) is 2.54. The van der Waals surface area contributed by atoms with Crippen LogP contribution in [0, 0.1) is 0 Å². The fourth-order valence-electron chi connectivity index (χ4n) is 1.63. The maximum atomic E-state index is 9.50. The molecule has 0 amide bonds. The molecule has 4 nitrogen and oxygen atoms in total. The molecule has 78 valence electrons. The summed E-state index contributed by atoms with van der Waals surface area (Å²) in [4.78, 5) is 4.33. The molecule has 1 aliphatic carbocycles. The monoisotopic (exact) mass is 196 g/mol. The van der Waals surface area contributed by atoms with E-state index in [1.165, 1.54) is 12.8 Å². The minimum atomic E-state index is -0.424. The lowest BCUT2D eigenvalue weighted by molar-refractivity contribution is 0.141. The second kappa shape index (κ2) is 3.69. The highest BCUT2D eigenvalue weighted by molar-refractivity contribution is 5.05. The van der Waals surface area contributed by atoms with Crippen molar-refractivity contribution in [3.63, 3.8) is 0 Å². The first-order chi connectivity index (χ1) is 6.72. The normalized spacial score (nSPS) is 20.8. The average molecular weight is 196 g/mol. The predicted molar refractivity (Wildman–Crippen MR) is 51.0 cm³/mol. The summed E-state index contributed by atoms with van der Waals surface area (Å²) >= 11 is 0. The number of aromatic nitrogens is 2. The van der Waals surface area contributed by atoms with Crippen molar-refractivity contribution in [3.05, 3.63) is 11.7 Å². The zero-order valence-corrected chi connectivity index (χ0v) is 8.60. The molecule has 2 atom stereocenters. The Morgan fingerprint density at radius 3 is 2.79 bits per heavy atom. The third kappa shape index (κ3) is 1.80. The lowest BCUT2D eigenvalue weighted by atomic mass is 10.0. The summed E-state index contributed by atoms with van der Waals surface area (Å²) in [7, 11) is 0. The molecule has 1 aromatic rings. The van der Waals surface area contributed by atoms with Gasteiger partial charge in [0.2, 0.25) is 5.89 Å². The molecule has 1 fully saturated rings. The van der Waals surface area contributed by atoms with Gasteiger partial charge in [-0.05, 0) is 26.2 Å². The minimum absolute atomic E-state index is 0.0185. The number of hydrogen-bond donors (Lipinski definition) is 1. The van der Waals surface area contributed by atoms with Gasteiger partial charge < -0.3 is 9.63 Å². The fraction of sp³-hybridized carbons (Fsp3) is 0.800. The Hall–Kier alpha value is -0.900. The largest absolute Gasteiger partial charge is 0.393 e. The van der Waals surface area contributed by atoms with E-state index in [0.29, 0.717) is 11.8 Å². The number of hydrogen-bond acceptors (Lipinski definition) is 4. The molecule has 1 aromatic heterocycles. The average Bonchev–Trinajstić information content (AvgIpc) is 2.88. The molecule has 0 bridgehead atoms. The van der Waals surface area contributed by atoms with Crippen LogP contribution in [0.3, 0.4) is 0 Å². The van der Waals surface area contributed by atoms with Crippen molar-refractivity contribution in [3.8, 4) is 0 Å². The molecule has 1 aliphatic rings. The van der Waals surface area contributed by atoms with Gasteiger partial charge in [-0.2, -0.15) is 4.98 Å². The maximum Gasteiger partial charge on any atom is 0.232 e. The Bertz CT molecular complexity index is 305. The Morgan fingerprint density at radius 1 is 1.57 bits per heavy atom. The molecule has 0 saturated heterocycles. The van der Waals surface area contributed by atoms with Gasteiger partial charge >= 0.3 is 0 Å². The summed E-state index contributed by atoms with van der Waals surface area (Å²) in [5.74, 6) is 1.90. The van der Waals surface area contributed by atoms with Gasteiger partial charge in [0, 0.05) is 5.92 Å². The summed E-state index contributed by atoms with van der Waals surface area (Å²) < 4.78 is 5.16. The molecule has 0 radical (unpaired) electrons. The summed E-state index contributed by atoms with van der Waals surface area (Å²) in [6.07, 6.45) is 2.74. The molecule has 1 N–H and O–H groups in total. The zero-order chi connectivity index (χ0) is 10.1. The fourth-order valence-corrected chi connectivity index (χ4v) is 1.63. The third-order valence-corrected chi connectivity index (χ3v) is 2.74. The second-order valence-corrected chi connectivity index (χ2v) is 4.02. The van der Waals surface area contributed by atoms with Crippen LogP contribution < -0.4 is 0 Å². The lowest BCUT2D eigenvalue weighted by Gasteiger charge is -2.12. The van der Waals surface area contributed by atoms with Crippen LogP contribution in [0.2, 0.25) is 0 Å². The predicted octanol–water partition coefficient (Wildman–Crippen LogP) is 1.82. The number of nitrogens with zero attached hydrogens (tertiary/aromatic N) is 2. The number of aliphatic hydroxyl groups is 1. The van der Waals surface area contributed by atoms with E-state index < -0.39 is 6.10 Å². The van der Waals surface area contributed by atoms with E-state index in [0.717, 1.165) is 12.2 Å². The molecule has 4 heteroatoms. The van der Waals surface area contributed by atoms with Gasteiger partial charge in [0.25, 0.3) is 0 Å². The van der Waals surface area contributed by atoms with Gasteiger partial charge in [-0.15, -0.1) is 0 Å². The van der Waals surface area contributed by atoms with Crippen LogP contribution in [0.15, 0.2) is 4.52 Å². The Morgan fingerprint density at radius 2 is 2.29 bits per heavy atom.